The van der Waals surface area contributed by atoms with E-state index in [0.29, 0.717) is 31.0 Å². The topological polar surface area (TPSA) is 83.7 Å². The molecule has 8 heteroatoms. The summed E-state index contributed by atoms with van der Waals surface area (Å²) in [6.45, 7) is 5.51. The monoisotopic (exact) mass is 364 g/mol. The summed E-state index contributed by atoms with van der Waals surface area (Å²) in [5.41, 5.74) is 2.29. The average molecular weight is 364 g/mol. The zero-order valence-electron chi connectivity index (χ0n) is 15.2. The number of carbonyl (C=O) groups is 2. The fourth-order valence-corrected chi connectivity index (χ4v) is 3.40. The molecule has 1 aromatic carbocycles. The van der Waals surface area contributed by atoms with E-state index < -0.39 is 6.04 Å². The van der Waals surface area contributed by atoms with Gasteiger partial charge in [-0.25, -0.2) is 4.98 Å². The molecule has 3 heterocycles. The van der Waals surface area contributed by atoms with E-state index in [2.05, 4.69) is 15.2 Å². The zero-order valence-corrected chi connectivity index (χ0v) is 15.2. The highest BCUT2D eigenvalue weighted by Crippen LogP contribution is 2.22. The van der Waals surface area contributed by atoms with E-state index in [9.17, 15) is 9.59 Å². The number of hydrogen-bond donors (Lipinski definition) is 0. The summed E-state index contributed by atoms with van der Waals surface area (Å²) in [6.07, 6.45) is 5.17. The molecule has 1 aliphatic heterocycles. The number of benzene rings is 1. The van der Waals surface area contributed by atoms with Crippen molar-refractivity contribution < 1.29 is 9.59 Å². The number of hydrogen-bond acceptors (Lipinski definition) is 5. The molecule has 1 atom stereocenters. The quantitative estimate of drug-likeness (QED) is 0.703. The number of nitrogens with zero attached hydrogens (tertiary/aromatic N) is 6. The van der Waals surface area contributed by atoms with E-state index in [-0.39, 0.29) is 11.8 Å². The van der Waals surface area contributed by atoms with Gasteiger partial charge in [-0.05, 0) is 31.5 Å². The molecule has 1 fully saturated rings. The van der Waals surface area contributed by atoms with Crippen LogP contribution in [0.4, 0.5) is 0 Å². The van der Waals surface area contributed by atoms with Gasteiger partial charge in [0, 0.05) is 43.2 Å². The molecule has 0 spiro atoms. The van der Waals surface area contributed by atoms with Crippen LogP contribution in [0.3, 0.4) is 0 Å². The van der Waals surface area contributed by atoms with Crippen LogP contribution in [0.2, 0.25) is 0 Å². The van der Waals surface area contributed by atoms with Crippen LogP contribution >= 0.6 is 0 Å². The van der Waals surface area contributed by atoms with Crippen LogP contribution in [0.5, 0.6) is 0 Å². The molecule has 8 nitrogen and oxygen atoms in total. The molecule has 1 aliphatic rings. The number of carbonyl (C=O) groups excluding carboxylic acids is 2. The minimum absolute atomic E-state index is 0.00415. The molecular formula is C19H20N6O2. The fraction of sp³-hybridized carbons (Fsp3) is 0.316. The number of piperazine rings is 1. The Morgan fingerprint density at radius 1 is 1.26 bits per heavy atom. The van der Waals surface area contributed by atoms with E-state index in [1.807, 2.05) is 31.3 Å². The molecule has 0 aliphatic carbocycles. The minimum Gasteiger partial charge on any atom is -0.339 e. The molecule has 0 radical (unpaired) electrons. The molecular weight excluding hydrogens is 344 g/mol. The van der Waals surface area contributed by atoms with Gasteiger partial charge >= 0.3 is 0 Å². The van der Waals surface area contributed by atoms with Crippen molar-refractivity contribution in [1.29, 1.82) is 0 Å². The molecule has 2 amide bonds. The van der Waals surface area contributed by atoms with Gasteiger partial charge in [0.05, 0.1) is 0 Å². The van der Waals surface area contributed by atoms with Crippen LogP contribution in [-0.4, -0.2) is 66.9 Å². The van der Waals surface area contributed by atoms with Crippen molar-refractivity contribution in [3.05, 3.63) is 48.5 Å². The lowest BCUT2D eigenvalue weighted by Gasteiger charge is -2.38. The van der Waals surface area contributed by atoms with Crippen molar-refractivity contribution in [3.8, 4) is 11.1 Å². The number of likely N-dealkylation sites (N-methyl/N-ethyl adjacent to an activating group) is 1. The van der Waals surface area contributed by atoms with Gasteiger partial charge in [0.15, 0.2) is 0 Å². The molecule has 27 heavy (non-hydrogen) atoms. The molecule has 0 bridgehead atoms. The van der Waals surface area contributed by atoms with Gasteiger partial charge in [0.2, 0.25) is 5.91 Å². The first-order valence-electron chi connectivity index (χ1n) is 8.94. The first-order chi connectivity index (χ1) is 13.1. The van der Waals surface area contributed by atoms with Gasteiger partial charge in [-0.1, -0.05) is 12.1 Å². The summed E-state index contributed by atoms with van der Waals surface area (Å²) in [7, 11) is 0. The average Bonchev–Trinajstić information content (AvgIpc) is 3.17. The van der Waals surface area contributed by atoms with E-state index >= 15 is 0 Å². The van der Waals surface area contributed by atoms with Crippen molar-refractivity contribution >= 4 is 17.6 Å². The molecule has 2 aromatic heterocycles. The Kier molecular flexibility index (Phi) is 4.31. The fourth-order valence-electron chi connectivity index (χ4n) is 3.40. The van der Waals surface area contributed by atoms with Gasteiger partial charge in [-0.15, -0.1) is 10.2 Å². The van der Waals surface area contributed by atoms with Crippen molar-refractivity contribution in [1.82, 2.24) is 29.4 Å². The molecule has 1 saturated heterocycles. The lowest BCUT2D eigenvalue weighted by atomic mass is 10.0. The van der Waals surface area contributed by atoms with Gasteiger partial charge in [-0.3, -0.25) is 14.0 Å². The predicted molar refractivity (Wildman–Crippen MR) is 99.0 cm³/mol. The lowest BCUT2D eigenvalue weighted by molar-refractivity contribution is -0.139. The first-order valence-corrected chi connectivity index (χ1v) is 8.94. The van der Waals surface area contributed by atoms with Crippen molar-refractivity contribution in [2.75, 3.05) is 19.6 Å². The van der Waals surface area contributed by atoms with Crippen LogP contribution in [0.1, 0.15) is 24.2 Å². The van der Waals surface area contributed by atoms with E-state index in [0.717, 1.165) is 11.1 Å². The molecule has 3 aromatic rings. The molecule has 4 rings (SSSR count). The standard InChI is InChI=1S/C19H20N6O2/c1-3-23-7-8-25(13(2)17(23)26)18(27)15-6-4-5-14(9-15)16-10-20-19-22-21-12-24(19)11-16/h4-6,9-13H,3,7-8H2,1-2H3. The van der Waals surface area contributed by atoms with Crippen LogP contribution in [0, 0.1) is 0 Å². The Morgan fingerprint density at radius 3 is 2.93 bits per heavy atom. The maximum atomic E-state index is 13.0. The van der Waals surface area contributed by atoms with Crippen LogP contribution < -0.4 is 0 Å². The highest BCUT2D eigenvalue weighted by atomic mass is 16.2. The second-order valence-electron chi connectivity index (χ2n) is 6.55. The molecule has 0 saturated carbocycles. The SMILES string of the molecule is CCN1CCN(C(=O)c2cccc(-c3cnc4nncn4c3)c2)C(C)C1=O. The summed E-state index contributed by atoms with van der Waals surface area (Å²) in [4.78, 5) is 33.1. The number of fused-ring (bicyclic) bond motifs is 1. The van der Waals surface area contributed by atoms with Crippen molar-refractivity contribution in [2.45, 2.75) is 19.9 Å². The van der Waals surface area contributed by atoms with Gasteiger partial charge in [0.25, 0.3) is 11.7 Å². The summed E-state index contributed by atoms with van der Waals surface area (Å²) in [5, 5.41) is 7.72. The maximum Gasteiger partial charge on any atom is 0.254 e. The third-order valence-electron chi connectivity index (χ3n) is 4.98. The van der Waals surface area contributed by atoms with Crippen LogP contribution in [0.25, 0.3) is 16.9 Å². The van der Waals surface area contributed by atoms with E-state index in [1.165, 1.54) is 0 Å². The Labute approximate surface area is 156 Å². The third kappa shape index (κ3) is 3.03. The van der Waals surface area contributed by atoms with Crippen LogP contribution in [0.15, 0.2) is 43.0 Å². The van der Waals surface area contributed by atoms with Crippen molar-refractivity contribution in [3.63, 3.8) is 0 Å². The highest BCUT2D eigenvalue weighted by molar-refractivity contribution is 5.99. The Balaban J connectivity index is 1.62. The molecule has 138 valence electrons. The summed E-state index contributed by atoms with van der Waals surface area (Å²) in [6, 6.07) is 6.92. The Bertz CT molecular complexity index is 1010. The minimum atomic E-state index is -0.454. The summed E-state index contributed by atoms with van der Waals surface area (Å²) in [5.74, 6) is 0.384. The predicted octanol–water partition coefficient (Wildman–Crippen LogP) is 1.48. The highest BCUT2D eigenvalue weighted by Gasteiger charge is 2.33. The summed E-state index contributed by atoms with van der Waals surface area (Å²) < 4.78 is 1.73. The summed E-state index contributed by atoms with van der Waals surface area (Å²) >= 11 is 0. The Morgan fingerprint density at radius 2 is 2.11 bits per heavy atom. The van der Waals surface area contributed by atoms with Gasteiger partial charge < -0.3 is 9.80 Å². The first kappa shape index (κ1) is 17.1. The second kappa shape index (κ2) is 6.79. The zero-order chi connectivity index (χ0) is 19.0. The van der Waals surface area contributed by atoms with E-state index in [4.69, 9.17) is 0 Å². The molecule has 1 unspecified atom stereocenters. The number of amides is 2. The third-order valence-corrected chi connectivity index (χ3v) is 4.98. The van der Waals surface area contributed by atoms with Crippen LogP contribution in [-0.2, 0) is 4.79 Å². The molecule has 0 N–H and O–H groups in total. The smallest absolute Gasteiger partial charge is 0.254 e. The Hall–Kier alpha value is -3.29. The normalized spacial score (nSPS) is 17.6. The van der Waals surface area contributed by atoms with Crippen molar-refractivity contribution in [2.24, 2.45) is 0 Å². The van der Waals surface area contributed by atoms with E-state index in [1.54, 1.807) is 39.7 Å². The van der Waals surface area contributed by atoms with Gasteiger partial charge in [0.1, 0.15) is 12.4 Å². The number of rotatable bonds is 3. The largest absolute Gasteiger partial charge is 0.339 e. The van der Waals surface area contributed by atoms with Gasteiger partial charge in [-0.2, -0.15) is 0 Å². The lowest BCUT2D eigenvalue weighted by Crippen LogP contribution is -2.57. The second-order valence-corrected chi connectivity index (χ2v) is 6.55. The number of aromatic nitrogens is 4. The maximum absolute atomic E-state index is 13.0.